The minimum atomic E-state index is -3.93. The van der Waals surface area contributed by atoms with Crippen LogP contribution in [0.1, 0.15) is 5.56 Å². The number of rotatable bonds is 7. The maximum atomic E-state index is 13.6. The Labute approximate surface area is 216 Å². The van der Waals surface area contributed by atoms with Crippen LogP contribution in [0.25, 0.3) is 0 Å². The number of hydrogen-bond acceptors (Lipinski definition) is 5. The molecular formula is C26H28ClN3O3S2. The number of benzene rings is 3. The molecule has 6 nitrogen and oxygen atoms in total. The molecule has 0 N–H and O–H groups in total. The van der Waals surface area contributed by atoms with Crippen molar-refractivity contribution in [2.24, 2.45) is 0 Å². The fourth-order valence-electron chi connectivity index (χ4n) is 4.01. The Morgan fingerprint density at radius 3 is 2.23 bits per heavy atom. The minimum absolute atomic E-state index is 0.162. The lowest BCUT2D eigenvalue weighted by Gasteiger charge is -2.37. The molecule has 1 amide bonds. The van der Waals surface area contributed by atoms with E-state index < -0.39 is 10.0 Å². The van der Waals surface area contributed by atoms with Crippen LogP contribution < -0.4 is 9.21 Å². The number of amides is 1. The molecule has 184 valence electrons. The number of sulfonamides is 1. The second-order valence-corrected chi connectivity index (χ2v) is 11.5. The van der Waals surface area contributed by atoms with Gasteiger partial charge in [-0.15, -0.1) is 11.8 Å². The van der Waals surface area contributed by atoms with Crippen LogP contribution in [0.3, 0.4) is 0 Å². The second kappa shape index (κ2) is 10.9. The highest BCUT2D eigenvalue weighted by Crippen LogP contribution is 2.26. The number of aryl methyl sites for hydroxylation is 1. The van der Waals surface area contributed by atoms with Crippen LogP contribution in [-0.2, 0) is 14.8 Å². The maximum Gasteiger partial charge on any atom is 0.264 e. The molecule has 1 aliphatic heterocycles. The SMILES string of the molecule is CSc1ccc(S(=O)(=O)N(CC(=O)N2CCN(c3cccc(Cl)c3)CC2)c2ccc(C)cc2)cc1. The fourth-order valence-corrected chi connectivity index (χ4v) is 6.02. The average Bonchev–Trinajstić information content (AvgIpc) is 2.88. The Morgan fingerprint density at radius 2 is 1.63 bits per heavy atom. The maximum absolute atomic E-state index is 13.6. The van der Waals surface area contributed by atoms with E-state index in [0.717, 1.165) is 16.1 Å². The zero-order chi connectivity index (χ0) is 25.0. The van der Waals surface area contributed by atoms with Crippen LogP contribution in [-0.4, -0.2) is 58.2 Å². The first kappa shape index (κ1) is 25.4. The molecule has 0 aliphatic carbocycles. The van der Waals surface area contributed by atoms with E-state index in [2.05, 4.69) is 4.90 Å². The number of carbonyl (C=O) groups excluding carboxylic acids is 1. The molecule has 4 rings (SSSR count). The van der Waals surface area contributed by atoms with Gasteiger partial charge in [-0.1, -0.05) is 35.4 Å². The Balaban J connectivity index is 1.53. The van der Waals surface area contributed by atoms with Gasteiger partial charge in [-0.2, -0.15) is 0 Å². The van der Waals surface area contributed by atoms with Crippen LogP contribution in [0.4, 0.5) is 11.4 Å². The lowest BCUT2D eigenvalue weighted by Crippen LogP contribution is -2.52. The smallest absolute Gasteiger partial charge is 0.264 e. The van der Waals surface area contributed by atoms with Crippen LogP contribution in [0, 0.1) is 6.92 Å². The first-order valence-electron chi connectivity index (χ1n) is 11.3. The van der Waals surface area contributed by atoms with Crippen molar-refractivity contribution < 1.29 is 13.2 Å². The average molecular weight is 530 g/mol. The molecule has 0 saturated carbocycles. The predicted octanol–water partition coefficient (Wildman–Crippen LogP) is 4.91. The van der Waals surface area contributed by atoms with Crippen LogP contribution in [0.2, 0.25) is 5.02 Å². The topological polar surface area (TPSA) is 60.9 Å². The largest absolute Gasteiger partial charge is 0.368 e. The Bertz CT molecular complexity index is 1270. The third-order valence-electron chi connectivity index (χ3n) is 6.05. The molecule has 1 aliphatic rings. The van der Waals surface area contributed by atoms with E-state index in [4.69, 9.17) is 11.6 Å². The van der Waals surface area contributed by atoms with Gasteiger partial charge in [0, 0.05) is 41.8 Å². The van der Waals surface area contributed by atoms with Crippen molar-refractivity contribution >= 4 is 50.7 Å². The van der Waals surface area contributed by atoms with Crippen molar-refractivity contribution in [3.8, 4) is 0 Å². The van der Waals surface area contributed by atoms with E-state index in [1.165, 1.54) is 4.31 Å². The molecule has 0 radical (unpaired) electrons. The summed E-state index contributed by atoms with van der Waals surface area (Å²) in [6, 6.07) is 21.6. The first-order chi connectivity index (χ1) is 16.8. The van der Waals surface area contributed by atoms with E-state index in [9.17, 15) is 13.2 Å². The van der Waals surface area contributed by atoms with E-state index in [1.807, 2.05) is 49.6 Å². The minimum Gasteiger partial charge on any atom is -0.368 e. The Hall–Kier alpha value is -2.68. The molecule has 1 heterocycles. The van der Waals surface area contributed by atoms with Crippen LogP contribution >= 0.6 is 23.4 Å². The van der Waals surface area contributed by atoms with Crippen molar-refractivity contribution in [3.63, 3.8) is 0 Å². The quantitative estimate of drug-likeness (QED) is 0.407. The molecule has 35 heavy (non-hydrogen) atoms. The molecule has 3 aromatic carbocycles. The van der Waals surface area contributed by atoms with Crippen LogP contribution in [0.15, 0.2) is 82.6 Å². The molecule has 0 aromatic heterocycles. The monoisotopic (exact) mass is 529 g/mol. The lowest BCUT2D eigenvalue weighted by atomic mass is 10.2. The summed E-state index contributed by atoms with van der Waals surface area (Å²) in [4.78, 5) is 18.3. The van der Waals surface area contributed by atoms with Crippen LogP contribution in [0.5, 0.6) is 0 Å². The summed E-state index contributed by atoms with van der Waals surface area (Å²) in [6.45, 7) is 4.01. The summed E-state index contributed by atoms with van der Waals surface area (Å²) in [5, 5.41) is 0.672. The number of piperazine rings is 1. The summed E-state index contributed by atoms with van der Waals surface area (Å²) in [5.74, 6) is -0.222. The Kier molecular flexibility index (Phi) is 7.94. The molecule has 1 saturated heterocycles. The number of halogens is 1. The lowest BCUT2D eigenvalue weighted by molar-refractivity contribution is -0.129. The van der Waals surface area contributed by atoms with Gasteiger partial charge in [-0.25, -0.2) is 8.42 Å². The van der Waals surface area contributed by atoms with Crippen molar-refractivity contribution in [1.82, 2.24) is 4.90 Å². The third kappa shape index (κ3) is 5.94. The van der Waals surface area contributed by atoms with Gasteiger partial charge in [0.15, 0.2) is 0 Å². The molecular weight excluding hydrogens is 502 g/mol. The number of nitrogens with zero attached hydrogens (tertiary/aromatic N) is 3. The molecule has 1 fully saturated rings. The normalized spacial score (nSPS) is 14.1. The van der Waals surface area contributed by atoms with E-state index >= 15 is 0 Å². The predicted molar refractivity (Wildman–Crippen MR) is 144 cm³/mol. The van der Waals surface area contributed by atoms with E-state index in [0.29, 0.717) is 36.9 Å². The molecule has 9 heteroatoms. The molecule has 3 aromatic rings. The summed E-state index contributed by atoms with van der Waals surface area (Å²) in [7, 11) is -3.93. The highest BCUT2D eigenvalue weighted by atomic mass is 35.5. The third-order valence-corrected chi connectivity index (χ3v) is 8.82. The van der Waals surface area contributed by atoms with E-state index in [1.54, 1.807) is 53.1 Å². The summed E-state index contributed by atoms with van der Waals surface area (Å²) >= 11 is 7.67. The van der Waals surface area contributed by atoms with Gasteiger partial charge >= 0.3 is 0 Å². The zero-order valence-corrected chi connectivity index (χ0v) is 22.1. The van der Waals surface area contributed by atoms with Gasteiger partial charge in [0.2, 0.25) is 5.91 Å². The highest BCUT2D eigenvalue weighted by Gasteiger charge is 2.30. The van der Waals surface area contributed by atoms with Gasteiger partial charge in [0.05, 0.1) is 10.6 Å². The first-order valence-corrected chi connectivity index (χ1v) is 14.3. The fraction of sp³-hybridized carbons (Fsp3) is 0.269. The van der Waals surface area contributed by atoms with Gasteiger partial charge in [0.25, 0.3) is 10.0 Å². The summed E-state index contributed by atoms with van der Waals surface area (Å²) in [6.07, 6.45) is 1.94. The number of thioether (sulfide) groups is 1. The molecule has 0 atom stereocenters. The standard InChI is InChI=1S/C26H28ClN3O3S2/c1-20-6-8-22(9-7-20)30(35(32,33)25-12-10-24(34-2)11-13-25)19-26(31)29-16-14-28(15-17-29)23-5-3-4-21(27)18-23/h3-13,18H,14-17,19H2,1-2H3. The van der Waals surface area contributed by atoms with Crippen molar-refractivity contribution in [1.29, 1.82) is 0 Å². The summed E-state index contributed by atoms with van der Waals surface area (Å²) < 4.78 is 28.5. The molecule has 0 bridgehead atoms. The molecule has 0 unspecified atom stereocenters. The number of anilines is 2. The van der Waals surface area contributed by atoms with E-state index in [-0.39, 0.29) is 17.3 Å². The van der Waals surface area contributed by atoms with Crippen molar-refractivity contribution in [2.75, 3.05) is 48.2 Å². The van der Waals surface area contributed by atoms with Gasteiger partial charge in [-0.3, -0.25) is 9.10 Å². The van der Waals surface area contributed by atoms with Crippen molar-refractivity contribution in [2.45, 2.75) is 16.7 Å². The Morgan fingerprint density at radius 1 is 0.971 bits per heavy atom. The van der Waals surface area contributed by atoms with Crippen molar-refractivity contribution in [3.05, 3.63) is 83.4 Å². The van der Waals surface area contributed by atoms with Gasteiger partial charge < -0.3 is 9.80 Å². The highest BCUT2D eigenvalue weighted by molar-refractivity contribution is 7.98. The number of hydrogen-bond donors (Lipinski definition) is 0. The zero-order valence-electron chi connectivity index (χ0n) is 19.7. The van der Waals surface area contributed by atoms with Gasteiger partial charge in [-0.05, 0) is 67.8 Å². The second-order valence-electron chi connectivity index (χ2n) is 8.37. The van der Waals surface area contributed by atoms with Gasteiger partial charge in [0.1, 0.15) is 6.54 Å². The molecule has 0 spiro atoms. The summed E-state index contributed by atoms with van der Waals surface area (Å²) in [5.41, 5.74) is 2.50. The number of carbonyl (C=O) groups is 1.